The van der Waals surface area contributed by atoms with Gasteiger partial charge in [-0.25, -0.2) is 9.97 Å². The van der Waals surface area contributed by atoms with Gasteiger partial charge in [-0.05, 0) is 38.7 Å². The van der Waals surface area contributed by atoms with E-state index in [1.165, 1.54) is 5.56 Å². The molecule has 3 aromatic rings. The fourth-order valence-corrected chi connectivity index (χ4v) is 2.84. The molecule has 0 aliphatic carbocycles. The number of rotatable bonds is 5. The molecule has 5 heteroatoms. The van der Waals surface area contributed by atoms with E-state index in [0.29, 0.717) is 0 Å². The van der Waals surface area contributed by atoms with Crippen molar-refractivity contribution in [2.75, 3.05) is 21.2 Å². The molecule has 23 heavy (non-hydrogen) atoms. The van der Waals surface area contributed by atoms with Crippen LogP contribution in [0.2, 0.25) is 0 Å². The molecule has 0 spiro atoms. The standard InChI is InChI=1S/C18H22N4O/c1-13-9-10-19-18-17(13)22(16(20-18)12-21(2)3)11-14-7-5-6-8-15(14)23-4/h5-10H,11-12H2,1-4H3. The third-order valence-electron chi connectivity index (χ3n) is 3.90. The SMILES string of the molecule is COc1ccccc1Cn1c(CN(C)C)nc2nccc(C)c21. The predicted molar refractivity (Wildman–Crippen MR) is 91.8 cm³/mol. The molecule has 0 unspecified atom stereocenters. The van der Waals surface area contributed by atoms with Crippen molar-refractivity contribution in [1.82, 2.24) is 19.4 Å². The van der Waals surface area contributed by atoms with Gasteiger partial charge in [0.1, 0.15) is 11.6 Å². The topological polar surface area (TPSA) is 43.2 Å². The van der Waals surface area contributed by atoms with Crippen LogP contribution in [-0.2, 0) is 13.1 Å². The first-order valence-electron chi connectivity index (χ1n) is 7.67. The highest BCUT2D eigenvalue weighted by atomic mass is 16.5. The summed E-state index contributed by atoms with van der Waals surface area (Å²) in [7, 11) is 5.80. The van der Waals surface area contributed by atoms with Crippen molar-refractivity contribution >= 4 is 11.2 Å². The fraction of sp³-hybridized carbons (Fsp3) is 0.333. The number of fused-ring (bicyclic) bond motifs is 1. The number of hydrogen-bond acceptors (Lipinski definition) is 4. The van der Waals surface area contributed by atoms with E-state index in [9.17, 15) is 0 Å². The second-order valence-corrected chi connectivity index (χ2v) is 5.96. The van der Waals surface area contributed by atoms with Crippen LogP contribution in [0.4, 0.5) is 0 Å². The van der Waals surface area contributed by atoms with Crippen LogP contribution < -0.4 is 4.74 Å². The summed E-state index contributed by atoms with van der Waals surface area (Å²) in [5, 5.41) is 0. The summed E-state index contributed by atoms with van der Waals surface area (Å²) < 4.78 is 7.74. The number of imidazole rings is 1. The zero-order valence-electron chi connectivity index (χ0n) is 14.1. The van der Waals surface area contributed by atoms with E-state index in [2.05, 4.69) is 27.4 Å². The summed E-state index contributed by atoms with van der Waals surface area (Å²) in [4.78, 5) is 11.3. The van der Waals surface area contributed by atoms with Crippen LogP contribution in [0.1, 0.15) is 17.0 Å². The minimum Gasteiger partial charge on any atom is -0.496 e. The minimum absolute atomic E-state index is 0.718. The van der Waals surface area contributed by atoms with Crippen LogP contribution in [0.3, 0.4) is 0 Å². The highest BCUT2D eigenvalue weighted by Gasteiger charge is 2.15. The number of pyridine rings is 1. The quantitative estimate of drug-likeness (QED) is 0.727. The summed E-state index contributed by atoms with van der Waals surface area (Å²) in [5.74, 6) is 1.91. The molecule has 0 aliphatic heterocycles. The highest BCUT2D eigenvalue weighted by molar-refractivity contribution is 5.75. The van der Waals surface area contributed by atoms with E-state index >= 15 is 0 Å². The van der Waals surface area contributed by atoms with Crippen LogP contribution in [0.5, 0.6) is 5.75 Å². The Kier molecular flexibility index (Phi) is 4.30. The Bertz CT molecular complexity index is 823. The maximum absolute atomic E-state index is 5.50. The van der Waals surface area contributed by atoms with Gasteiger partial charge in [-0.2, -0.15) is 0 Å². The molecule has 120 valence electrons. The highest BCUT2D eigenvalue weighted by Crippen LogP contribution is 2.24. The molecule has 0 atom stereocenters. The number of nitrogens with zero attached hydrogens (tertiary/aromatic N) is 4. The zero-order chi connectivity index (χ0) is 16.4. The molecule has 3 rings (SSSR count). The van der Waals surface area contributed by atoms with Gasteiger partial charge >= 0.3 is 0 Å². The summed E-state index contributed by atoms with van der Waals surface area (Å²) >= 11 is 0. The largest absolute Gasteiger partial charge is 0.496 e. The molecule has 0 N–H and O–H groups in total. The normalized spacial score (nSPS) is 11.3. The summed E-state index contributed by atoms with van der Waals surface area (Å²) in [6, 6.07) is 10.1. The summed E-state index contributed by atoms with van der Waals surface area (Å²) in [6.07, 6.45) is 1.82. The van der Waals surface area contributed by atoms with Crippen molar-refractivity contribution in [2.45, 2.75) is 20.0 Å². The number of aryl methyl sites for hydroxylation is 1. The lowest BCUT2D eigenvalue weighted by atomic mass is 10.2. The van der Waals surface area contributed by atoms with Gasteiger partial charge in [-0.15, -0.1) is 0 Å². The first kappa shape index (κ1) is 15.5. The Hall–Kier alpha value is -2.40. The lowest BCUT2D eigenvalue weighted by molar-refractivity contribution is 0.382. The molecule has 0 aliphatic rings. The molecule has 0 amide bonds. The van der Waals surface area contributed by atoms with Gasteiger partial charge < -0.3 is 14.2 Å². The predicted octanol–water partition coefficient (Wildman–Crippen LogP) is 2.86. The first-order valence-corrected chi connectivity index (χ1v) is 7.67. The van der Waals surface area contributed by atoms with Gasteiger partial charge in [-0.3, -0.25) is 0 Å². The molecule has 0 fully saturated rings. The van der Waals surface area contributed by atoms with Crippen LogP contribution in [0.25, 0.3) is 11.2 Å². The molecule has 0 saturated carbocycles. The molecule has 0 radical (unpaired) electrons. The van der Waals surface area contributed by atoms with E-state index in [0.717, 1.165) is 41.4 Å². The number of hydrogen-bond donors (Lipinski definition) is 0. The smallest absolute Gasteiger partial charge is 0.178 e. The molecule has 2 aromatic heterocycles. The Morgan fingerprint density at radius 2 is 1.96 bits per heavy atom. The van der Waals surface area contributed by atoms with E-state index in [4.69, 9.17) is 9.72 Å². The van der Waals surface area contributed by atoms with Gasteiger partial charge in [0.15, 0.2) is 5.65 Å². The van der Waals surface area contributed by atoms with Crippen molar-refractivity contribution in [3.8, 4) is 5.75 Å². The van der Waals surface area contributed by atoms with Crippen molar-refractivity contribution < 1.29 is 4.74 Å². The van der Waals surface area contributed by atoms with Crippen LogP contribution in [0.15, 0.2) is 36.5 Å². The summed E-state index contributed by atoms with van der Waals surface area (Å²) in [6.45, 7) is 3.59. The van der Waals surface area contributed by atoms with E-state index < -0.39 is 0 Å². The van der Waals surface area contributed by atoms with Gasteiger partial charge in [-0.1, -0.05) is 18.2 Å². The minimum atomic E-state index is 0.718. The number of para-hydroxylation sites is 1. The second-order valence-electron chi connectivity index (χ2n) is 5.96. The monoisotopic (exact) mass is 310 g/mol. The van der Waals surface area contributed by atoms with Gasteiger partial charge in [0, 0.05) is 11.8 Å². The van der Waals surface area contributed by atoms with Gasteiger partial charge in [0.05, 0.1) is 25.7 Å². The van der Waals surface area contributed by atoms with E-state index in [-0.39, 0.29) is 0 Å². The maximum Gasteiger partial charge on any atom is 0.178 e. The Balaban J connectivity index is 2.14. The average molecular weight is 310 g/mol. The molecule has 0 saturated heterocycles. The molecular formula is C18H22N4O. The average Bonchev–Trinajstić information content (AvgIpc) is 2.86. The molecule has 1 aromatic carbocycles. The Morgan fingerprint density at radius 1 is 1.17 bits per heavy atom. The zero-order valence-corrected chi connectivity index (χ0v) is 14.1. The number of benzene rings is 1. The van der Waals surface area contributed by atoms with Crippen LogP contribution >= 0.6 is 0 Å². The molecule has 2 heterocycles. The van der Waals surface area contributed by atoms with Crippen molar-refractivity contribution in [3.05, 3.63) is 53.5 Å². The van der Waals surface area contributed by atoms with E-state index in [1.54, 1.807) is 7.11 Å². The number of ether oxygens (including phenoxy) is 1. The Labute approximate surface area is 136 Å². The lowest BCUT2D eigenvalue weighted by Gasteiger charge is -2.15. The van der Waals surface area contributed by atoms with Crippen LogP contribution in [0, 0.1) is 6.92 Å². The third kappa shape index (κ3) is 3.05. The molecule has 0 bridgehead atoms. The van der Waals surface area contributed by atoms with E-state index in [1.807, 2.05) is 44.6 Å². The lowest BCUT2D eigenvalue weighted by Crippen LogP contribution is -2.16. The van der Waals surface area contributed by atoms with Crippen molar-refractivity contribution in [2.24, 2.45) is 0 Å². The molecule has 5 nitrogen and oxygen atoms in total. The van der Waals surface area contributed by atoms with Gasteiger partial charge in [0.2, 0.25) is 0 Å². The maximum atomic E-state index is 5.50. The van der Waals surface area contributed by atoms with Crippen LogP contribution in [-0.4, -0.2) is 40.6 Å². The Morgan fingerprint density at radius 3 is 2.70 bits per heavy atom. The first-order chi connectivity index (χ1) is 11.1. The summed E-state index contributed by atoms with van der Waals surface area (Å²) in [5.41, 5.74) is 4.21. The van der Waals surface area contributed by atoms with Crippen molar-refractivity contribution in [3.63, 3.8) is 0 Å². The number of methoxy groups -OCH3 is 1. The molecular weight excluding hydrogens is 288 g/mol. The fourth-order valence-electron chi connectivity index (χ4n) is 2.84. The van der Waals surface area contributed by atoms with Crippen molar-refractivity contribution in [1.29, 1.82) is 0 Å². The third-order valence-corrected chi connectivity index (χ3v) is 3.90. The van der Waals surface area contributed by atoms with Gasteiger partial charge in [0.25, 0.3) is 0 Å². The second kappa shape index (κ2) is 6.38. The number of aromatic nitrogens is 3.